The number of unbranched alkanes of at least 4 members (excludes halogenated alkanes) is 3. The van der Waals surface area contributed by atoms with Crippen LogP contribution >= 0.6 is 0 Å². The second kappa shape index (κ2) is 28.1. The minimum atomic E-state index is -2.33. The minimum Gasteiger partial charge on any atom is -0.494 e. The third kappa shape index (κ3) is 16.1. The standard InChI is InChI=1S/C53H75N9O16S/c1-5-27(2)47-51(75)56-21-44(70)57-37-26-79(77)52-35(34-11-10-33(20-36(34)58-52)78-13-9-7-6-8-12-62-46(72)14-28(3)53(62)76)15-31(49(73)55-22-45(71)59-47)17-40(66)48(29(4)42(68)25-63)60-50(74)38-19-32(64)23-61(38)24-41(67)30(16-39(37)65)18-43(54)69/h10-11,20,27-32,37-38,42,47-48,58,63-64,68H,5-9,12-19,21-26H2,1-4H3,(H2,54,69)(H,55,73)(H,56,75)(H,57,70)(H,59,71)(H,60,74)/t27-,28?,29-,30-,31+,32?,37-,38-,42-,47-,48-,79?/m0/s1. The molecular formula is C53H75N9O16S. The highest BCUT2D eigenvalue weighted by Gasteiger charge is 2.43. The number of carbonyl (C=O) groups is 11. The summed E-state index contributed by atoms with van der Waals surface area (Å²) in [5.74, 6) is -13.3. The number of hydrogen-bond acceptors (Lipinski definition) is 17. The molecule has 0 radical (unpaired) electrons. The molecule has 0 saturated carbocycles. The van der Waals surface area contributed by atoms with E-state index in [4.69, 9.17) is 10.5 Å². The van der Waals surface area contributed by atoms with E-state index < -0.39 is 181 Å². The lowest BCUT2D eigenvalue weighted by molar-refractivity contribution is -0.139. The predicted molar refractivity (Wildman–Crippen MR) is 282 cm³/mol. The number of imide groups is 1. The van der Waals surface area contributed by atoms with Gasteiger partial charge in [0.1, 0.15) is 16.8 Å². The Hall–Kier alpha value is -6.48. The molecule has 79 heavy (non-hydrogen) atoms. The zero-order chi connectivity index (χ0) is 57.8. The zero-order valence-corrected chi connectivity index (χ0v) is 45.9. The number of aromatic amines is 1. The van der Waals surface area contributed by atoms with E-state index in [1.807, 2.05) is 0 Å². The SMILES string of the molecule is CC[C@H](C)[C@@H]1NC(=O)CNC(=O)[C@H]2CC(=O)[C@H]([C@@H](C)[C@@H](O)CO)NC(=O)[C@@H]3CC(O)CN3CC(=O)[C@H](CC(N)=O)CC(=O)[C@H](CS(=O)c3[nH]c4cc(OCCCCCCN5C(=O)CC(C)C5=O)ccc4c3C2)NC(=O)CNC1=O. The quantitative estimate of drug-likeness (QED) is 0.0677. The lowest BCUT2D eigenvalue weighted by atomic mass is 9.85. The summed E-state index contributed by atoms with van der Waals surface area (Å²) in [5, 5.41) is 44.9. The van der Waals surface area contributed by atoms with Crippen molar-refractivity contribution in [2.75, 3.05) is 51.7 Å². The fourth-order valence-corrected chi connectivity index (χ4v) is 11.9. The van der Waals surface area contributed by atoms with Gasteiger partial charge >= 0.3 is 0 Å². The lowest BCUT2D eigenvalue weighted by Gasteiger charge is -2.31. The second-order valence-electron chi connectivity index (χ2n) is 21.4. The fourth-order valence-electron chi connectivity index (χ4n) is 10.5. The number of likely N-dealkylation sites (tertiary alicyclic amines) is 1. The summed E-state index contributed by atoms with van der Waals surface area (Å²) in [5.41, 5.74) is 6.12. The van der Waals surface area contributed by atoms with Crippen molar-refractivity contribution in [1.82, 2.24) is 41.4 Å². The van der Waals surface area contributed by atoms with Crippen LogP contribution in [0.4, 0.5) is 0 Å². The number of Topliss-reactive ketones (excluding diaryl/α,β-unsaturated/α-hetero) is 3. The van der Waals surface area contributed by atoms with Gasteiger partial charge in [-0.2, -0.15) is 0 Å². The summed E-state index contributed by atoms with van der Waals surface area (Å²) < 4.78 is 21.2. The number of benzene rings is 1. The van der Waals surface area contributed by atoms with Crippen LogP contribution in [0.3, 0.4) is 0 Å². The number of rotatable bonds is 15. The first-order chi connectivity index (χ1) is 37.5. The smallest absolute Gasteiger partial charge is 0.243 e. The van der Waals surface area contributed by atoms with Gasteiger partial charge in [-0.05, 0) is 49.3 Å². The van der Waals surface area contributed by atoms with Crippen LogP contribution in [0.15, 0.2) is 23.2 Å². The summed E-state index contributed by atoms with van der Waals surface area (Å²) in [4.78, 5) is 156. The van der Waals surface area contributed by atoms with Crippen LogP contribution in [0, 0.1) is 29.6 Å². The molecule has 2 fully saturated rings. The minimum absolute atomic E-state index is 0.0619. The van der Waals surface area contributed by atoms with Gasteiger partial charge in [0.05, 0.1) is 85.3 Å². The van der Waals surface area contributed by atoms with Crippen molar-refractivity contribution >= 4 is 86.3 Å². The lowest BCUT2D eigenvalue weighted by Crippen LogP contribution is -2.55. The fraction of sp³-hybridized carbons (Fsp3) is 0.642. The van der Waals surface area contributed by atoms with Crippen LogP contribution < -0.4 is 37.1 Å². The average molecular weight is 1130 g/mol. The van der Waals surface area contributed by atoms with Crippen molar-refractivity contribution in [2.45, 2.75) is 140 Å². The monoisotopic (exact) mass is 1130 g/mol. The zero-order valence-electron chi connectivity index (χ0n) is 45.0. The number of aromatic nitrogens is 1. The first kappa shape index (κ1) is 61.7. The molecule has 11 N–H and O–H groups in total. The van der Waals surface area contributed by atoms with Gasteiger partial charge in [0, 0.05) is 73.9 Å². The van der Waals surface area contributed by atoms with Crippen LogP contribution in [0.2, 0.25) is 0 Å². The highest BCUT2D eigenvalue weighted by Crippen LogP contribution is 2.33. The Balaban J connectivity index is 1.43. The Bertz CT molecular complexity index is 2680. The van der Waals surface area contributed by atoms with Gasteiger partial charge in [0.25, 0.3) is 0 Å². The Morgan fingerprint density at radius 2 is 1.54 bits per heavy atom. The average Bonchev–Trinajstić information content (AvgIpc) is 4.12. The van der Waals surface area contributed by atoms with Gasteiger partial charge in [0.2, 0.25) is 47.3 Å². The number of hydrogen-bond donors (Lipinski definition) is 10. The number of carbonyl (C=O) groups excluding carboxylic acids is 11. The van der Waals surface area contributed by atoms with Crippen molar-refractivity contribution in [2.24, 2.45) is 35.3 Å². The van der Waals surface area contributed by atoms with E-state index in [9.17, 15) is 68.1 Å². The molecule has 6 rings (SSSR count). The van der Waals surface area contributed by atoms with Gasteiger partial charge in [-0.1, -0.05) is 47.0 Å². The Morgan fingerprint density at radius 1 is 0.848 bits per heavy atom. The van der Waals surface area contributed by atoms with Gasteiger partial charge in [-0.25, -0.2) is 0 Å². The molecule has 4 aliphatic heterocycles. The van der Waals surface area contributed by atoms with E-state index in [1.54, 1.807) is 39.0 Å². The van der Waals surface area contributed by atoms with Crippen LogP contribution in [0.1, 0.15) is 97.5 Å². The molecular weight excluding hydrogens is 1050 g/mol. The highest BCUT2D eigenvalue weighted by atomic mass is 32.2. The topological polar surface area (TPSA) is 383 Å². The third-order valence-corrected chi connectivity index (χ3v) is 16.8. The molecule has 2 aromatic rings. The second-order valence-corrected chi connectivity index (χ2v) is 22.8. The normalized spacial score (nSPS) is 27.9. The first-order valence-electron chi connectivity index (χ1n) is 27.0. The number of nitrogens with two attached hydrogens (primary N) is 1. The van der Waals surface area contributed by atoms with Crippen molar-refractivity contribution in [3.05, 3.63) is 23.8 Å². The molecule has 12 atom stereocenters. The van der Waals surface area contributed by atoms with E-state index in [-0.39, 0.29) is 54.3 Å². The predicted octanol–water partition coefficient (Wildman–Crippen LogP) is -2.07. The Labute approximate surface area is 459 Å². The maximum Gasteiger partial charge on any atom is 0.243 e. The molecule has 8 amide bonds. The maximum absolute atomic E-state index is 15.1. The molecule has 3 unspecified atom stereocenters. The summed E-state index contributed by atoms with van der Waals surface area (Å²) >= 11 is 0. The number of aliphatic hydroxyl groups is 3. The number of ketones is 3. The number of amides is 8. The van der Waals surface area contributed by atoms with E-state index in [1.165, 1.54) is 16.7 Å². The van der Waals surface area contributed by atoms with Crippen LogP contribution in [0.5, 0.6) is 5.75 Å². The third-order valence-electron chi connectivity index (χ3n) is 15.4. The number of H-pyrrole nitrogens is 1. The first-order valence-corrected chi connectivity index (χ1v) is 28.3. The highest BCUT2D eigenvalue weighted by molar-refractivity contribution is 7.85. The molecule has 5 heterocycles. The maximum atomic E-state index is 15.1. The molecule has 4 aliphatic rings. The Kier molecular flexibility index (Phi) is 22.0. The molecule has 2 saturated heterocycles. The van der Waals surface area contributed by atoms with Crippen LogP contribution in [-0.2, 0) is 70.0 Å². The van der Waals surface area contributed by atoms with Crippen LogP contribution in [0.25, 0.3) is 10.9 Å². The number of aliphatic hydroxyl groups excluding tert-OH is 3. The molecule has 0 spiro atoms. The van der Waals surface area contributed by atoms with E-state index in [2.05, 4.69) is 31.6 Å². The molecule has 25 nitrogen and oxygen atoms in total. The molecule has 26 heteroatoms. The molecule has 434 valence electrons. The van der Waals surface area contributed by atoms with Gasteiger partial charge in [-0.15, -0.1) is 0 Å². The number of nitrogens with zero attached hydrogens (tertiary/aromatic N) is 2. The Morgan fingerprint density at radius 3 is 2.22 bits per heavy atom. The molecule has 1 aromatic carbocycles. The largest absolute Gasteiger partial charge is 0.494 e. The van der Waals surface area contributed by atoms with E-state index >= 15 is 4.21 Å². The van der Waals surface area contributed by atoms with Crippen molar-refractivity contribution < 1.29 is 77.0 Å². The van der Waals surface area contributed by atoms with Gasteiger partial charge in [-0.3, -0.25) is 66.7 Å². The van der Waals surface area contributed by atoms with Crippen molar-refractivity contribution in [1.29, 1.82) is 0 Å². The van der Waals surface area contributed by atoms with Crippen LogP contribution in [-0.4, -0.2) is 187 Å². The molecule has 1 aromatic heterocycles. The number of fused-ring (bicyclic) bond motifs is 5. The summed E-state index contributed by atoms with van der Waals surface area (Å²) in [6, 6.07) is -0.943. The summed E-state index contributed by atoms with van der Waals surface area (Å²) in [7, 11) is -2.33. The number of ether oxygens (including phenoxy) is 1. The number of nitrogens with one attached hydrogen (secondary N) is 6. The van der Waals surface area contributed by atoms with Crippen molar-refractivity contribution in [3.8, 4) is 5.75 Å². The molecule has 2 bridgehead atoms. The van der Waals surface area contributed by atoms with E-state index in [0.29, 0.717) is 42.5 Å². The number of primary amides is 1. The van der Waals surface area contributed by atoms with Crippen molar-refractivity contribution in [3.63, 3.8) is 0 Å². The van der Waals surface area contributed by atoms with E-state index in [0.717, 1.165) is 12.8 Å². The molecule has 0 aliphatic carbocycles. The summed E-state index contributed by atoms with van der Waals surface area (Å²) in [6.07, 6.45) is -2.24. The van der Waals surface area contributed by atoms with Gasteiger partial charge < -0.3 is 57.4 Å². The van der Waals surface area contributed by atoms with Gasteiger partial charge in [0.15, 0.2) is 17.3 Å². The summed E-state index contributed by atoms with van der Waals surface area (Å²) in [6.45, 7) is 4.01.